The van der Waals surface area contributed by atoms with Crippen LogP contribution in [0.5, 0.6) is 5.75 Å². The van der Waals surface area contributed by atoms with Crippen molar-refractivity contribution in [1.82, 2.24) is 5.32 Å². The minimum atomic E-state index is 0.354. The highest BCUT2D eigenvalue weighted by molar-refractivity contribution is 5.30. The predicted molar refractivity (Wildman–Crippen MR) is 65.5 cm³/mol. The van der Waals surface area contributed by atoms with E-state index in [1.54, 1.807) is 7.11 Å². The third-order valence-corrected chi connectivity index (χ3v) is 3.25. The lowest BCUT2D eigenvalue weighted by molar-refractivity contribution is 0.272. The first-order chi connectivity index (χ1) is 7.69. The summed E-state index contributed by atoms with van der Waals surface area (Å²) in [7, 11) is 1.70. The summed E-state index contributed by atoms with van der Waals surface area (Å²) in [6, 6.07) is 9.53. The van der Waals surface area contributed by atoms with Crippen molar-refractivity contribution in [2.45, 2.75) is 37.9 Å². The largest absolute Gasteiger partial charge is 0.497 e. The van der Waals surface area contributed by atoms with Crippen molar-refractivity contribution in [1.29, 1.82) is 0 Å². The third kappa shape index (κ3) is 2.54. The molecule has 1 aromatic carbocycles. The second kappa shape index (κ2) is 4.85. The molecule has 1 aromatic rings. The van der Waals surface area contributed by atoms with Gasteiger partial charge in [0.2, 0.25) is 0 Å². The average molecular weight is 220 g/mol. The lowest BCUT2D eigenvalue weighted by Crippen LogP contribution is -2.49. The molecule has 1 aliphatic carbocycles. The molecular formula is C13H20N2O. The molecule has 3 heteroatoms. The van der Waals surface area contributed by atoms with E-state index in [0.717, 1.165) is 18.6 Å². The van der Waals surface area contributed by atoms with Crippen molar-refractivity contribution in [2.24, 2.45) is 5.73 Å². The van der Waals surface area contributed by atoms with Gasteiger partial charge in [0.15, 0.2) is 0 Å². The Kier molecular flexibility index (Phi) is 3.46. The van der Waals surface area contributed by atoms with Gasteiger partial charge < -0.3 is 15.8 Å². The van der Waals surface area contributed by atoms with E-state index in [0.29, 0.717) is 18.1 Å². The Bertz CT molecular complexity index is 348. The second-order valence-electron chi connectivity index (χ2n) is 4.59. The summed E-state index contributed by atoms with van der Waals surface area (Å²) < 4.78 is 5.22. The first-order valence-electron chi connectivity index (χ1n) is 5.84. The first kappa shape index (κ1) is 11.4. The summed E-state index contributed by atoms with van der Waals surface area (Å²) in [4.78, 5) is 0. The highest BCUT2D eigenvalue weighted by atomic mass is 16.5. The molecule has 0 radical (unpaired) electrons. The molecule has 0 aliphatic heterocycles. The van der Waals surface area contributed by atoms with Gasteiger partial charge in [-0.15, -0.1) is 0 Å². The summed E-state index contributed by atoms with van der Waals surface area (Å²) in [5.74, 6) is 0.913. The van der Waals surface area contributed by atoms with Crippen LogP contribution in [-0.2, 0) is 0 Å². The van der Waals surface area contributed by atoms with E-state index in [1.807, 2.05) is 12.1 Å². The van der Waals surface area contributed by atoms with Gasteiger partial charge in [-0.1, -0.05) is 12.1 Å². The quantitative estimate of drug-likeness (QED) is 0.814. The molecule has 0 saturated heterocycles. The van der Waals surface area contributed by atoms with Crippen LogP contribution < -0.4 is 15.8 Å². The van der Waals surface area contributed by atoms with Gasteiger partial charge >= 0.3 is 0 Å². The zero-order valence-corrected chi connectivity index (χ0v) is 9.94. The zero-order chi connectivity index (χ0) is 11.5. The Hall–Kier alpha value is -1.06. The molecule has 2 rings (SSSR count). The van der Waals surface area contributed by atoms with Gasteiger partial charge in [-0.2, -0.15) is 0 Å². The van der Waals surface area contributed by atoms with E-state index in [4.69, 9.17) is 10.5 Å². The number of methoxy groups -OCH3 is 1. The van der Waals surface area contributed by atoms with Gasteiger partial charge in [0.05, 0.1) is 7.11 Å². The normalized spacial score (nSPS) is 25.9. The summed E-state index contributed by atoms with van der Waals surface area (Å²) in [6.45, 7) is 2.18. The molecule has 1 aliphatic rings. The summed E-state index contributed by atoms with van der Waals surface area (Å²) >= 11 is 0. The van der Waals surface area contributed by atoms with Crippen LogP contribution in [0.2, 0.25) is 0 Å². The molecule has 1 atom stereocenters. The van der Waals surface area contributed by atoms with Crippen LogP contribution in [0.4, 0.5) is 0 Å². The fourth-order valence-corrected chi connectivity index (χ4v) is 2.16. The molecule has 0 spiro atoms. The summed E-state index contributed by atoms with van der Waals surface area (Å²) in [6.07, 6.45) is 2.18. The monoisotopic (exact) mass is 220 g/mol. The molecular weight excluding hydrogens is 200 g/mol. The van der Waals surface area contributed by atoms with Gasteiger partial charge in [-0.25, -0.2) is 0 Å². The number of ether oxygens (including phenoxy) is 1. The first-order valence-corrected chi connectivity index (χ1v) is 5.84. The maximum atomic E-state index is 5.77. The van der Waals surface area contributed by atoms with Crippen molar-refractivity contribution in [3.63, 3.8) is 0 Å². The maximum Gasteiger partial charge on any atom is 0.119 e. The van der Waals surface area contributed by atoms with E-state index in [1.165, 1.54) is 5.56 Å². The predicted octanol–water partition coefficient (Wildman–Crippen LogP) is 1.84. The molecule has 0 bridgehead atoms. The number of hydrogen-bond acceptors (Lipinski definition) is 3. The van der Waals surface area contributed by atoms with Crippen molar-refractivity contribution < 1.29 is 4.74 Å². The van der Waals surface area contributed by atoms with Crippen LogP contribution >= 0.6 is 0 Å². The molecule has 3 nitrogen and oxygen atoms in total. The van der Waals surface area contributed by atoms with Crippen LogP contribution in [0, 0.1) is 0 Å². The van der Waals surface area contributed by atoms with Gasteiger partial charge in [0, 0.05) is 18.1 Å². The van der Waals surface area contributed by atoms with Gasteiger partial charge in [0.1, 0.15) is 5.75 Å². The number of hydrogen-bond donors (Lipinski definition) is 2. The minimum absolute atomic E-state index is 0.354. The van der Waals surface area contributed by atoms with E-state index >= 15 is 0 Å². The lowest BCUT2D eigenvalue weighted by Gasteiger charge is -2.35. The molecule has 0 aromatic heterocycles. The summed E-state index contributed by atoms with van der Waals surface area (Å²) in [5, 5.41) is 3.58. The molecule has 16 heavy (non-hydrogen) atoms. The Labute approximate surface area is 97.0 Å². The fourth-order valence-electron chi connectivity index (χ4n) is 2.16. The Morgan fingerprint density at radius 2 is 2.19 bits per heavy atom. The summed E-state index contributed by atoms with van der Waals surface area (Å²) in [5.41, 5.74) is 7.03. The molecule has 1 fully saturated rings. The highest BCUT2D eigenvalue weighted by Gasteiger charge is 2.26. The van der Waals surface area contributed by atoms with Gasteiger partial charge in [-0.3, -0.25) is 0 Å². The molecule has 1 unspecified atom stereocenters. The number of benzene rings is 1. The molecule has 0 heterocycles. The van der Waals surface area contributed by atoms with Gasteiger partial charge in [-0.05, 0) is 37.5 Å². The van der Waals surface area contributed by atoms with Crippen LogP contribution in [0.1, 0.15) is 31.4 Å². The van der Waals surface area contributed by atoms with E-state index in [2.05, 4.69) is 24.4 Å². The smallest absolute Gasteiger partial charge is 0.119 e. The maximum absolute atomic E-state index is 5.77. The van der Waals surface area contributed by atoms with Crippen LogP contribution in [-0.4, -0.2) is 19.2 Å². The third-order valence-electron chi connectivity index (χ3n) is 3.25. The van der Waals surface area contributed by atoms with Crippen molar-refractivity contribution in [3.8, 4) is 5.75 Å². The average Bonchev–Trinajstić information content (AvgIpc) is 2.27. The van der Waals surface area contributed by atoms with Crippen LogP contribution in [0.25, 0.3) is 0 Å². The van der Waals surface area contributed by atoms with Crippen molar-refractivity contribution in [2.75, 3.05) is 7.11 Å². The number of nitrogens with one attached hydrogen (secondary N) is 1. The SMILES string of the molecule is COc1cccc(C(C)NC2CC(N)C2)c1. The Morgan fingerprint density at radius 1 is 1.44 bits per heavy atom. The second-order valence-corrected chi connectivity index (χ2v) is 4.59. The van der Waals surface area contributed by atoms with Crippen LogP contribution in [0.15, 0.2) is 24.3 Å². The number of rotatable bonds is 4. The molecule has 3 N–H and O–H groups in total. The highest BCUT2D eigenvalue weighted by Crippen LogP contribution is 2.24. The van der Waals surface area contributed by atoms with E-state index < -0.39 is 0 Å². The zero-order valence-electron chi connectivity index (χ0n) is 9.94. The Balaban J connectivity index is 1.94. The van der Waals surface area contributed by atoms with Gasteiger partial charge in [0.25, 0.3) is 0 Å². The fraction of sp³-hybridized carbons (Fsp3) is 0.538. The van der Waals surface area contributed by atoms with Crippen molar-refractivity contribution >= 4 is 0 Å². The van der Waals surface area contributed by atoms with E-state index in [9.17, 15) is 0 Å². The topological polar surface area (TPSA) is 47.3 Å². The minimum Gasteiger partial charge on any atom is -0.497 e. The Morgan fingerprint density at radius 3 is 2.81 bits per heavy atom. The standard InChI is InChI=1S/C13H20N2O/c1-9(15-12-7-11(14)8-12)10-4-3-5-13(6-10)16-2/h3-6,9,11-12,15H,7-8,14H2,1-2H3. The van der Waals surface area contributed by atoms with Crippen LogP contribution in [0.3, 0.4) is 0 Å². The van der Waals surface area contributed by atoms with E-state index in [-0.39, 0.29) is 0 Å². The lowest BCUT2D eigenvalue weighted by atomic mass is 9.87. The number of nitrogens with two attached hydrogens (primary N) is 1. The molecule has 88 valence electrons. The molecule has 1 saturated carbocycles. The van der Waals surface area contributed by atoms with Crippen molar-refractivity contribution in [3.05, 3.63) is 29.8 Å². The molecule has 0 amide bonds.